The molecule has 51 valence electrons. The summed E-state index contributed by atoms with van der Waals surface area (Å²) in [4.78, 5) is 13.8. The van der Waals surface area contributed by atoms with E-state index in [-0.39, 0.29) is 6.42 Å². The van der Waals surface area contributed by atoms with Gasteiger partial charge in [-0.25, -0.2) is 9.90 Å². The summed E-state index contributed by atoms with van der Waals surface area (Å²) in [5, 5.41) is 10.0. The summed E-state index contributed by atoms with van der Waals surface area (Å²) < 4.78 is 0. The summed E-state index contributed by atoms with van der Waals surface area (Å²) in [5.41, 5.74) is 0.530. The monoisotopic (exact) mass is 136 g/mol. The normalized spacial score (nSPS) is 9.20. The molecule has 1 aromatic rings. The zero-order chi connectivity index (χ0) is 7.40. The van der Waals surface area contributed by atoms with Crippen LogP contribution in [0.3, 0.4) is 0 Å². The van der Waals surface area contributed by atoms with Crippen molar-refractivity contribution in [2.75, 3.05) is 0 Å². The average Bonchev–Trinajstić information content (AvgIpc) is 1.88. The Morgan fingerprint density at radius 3 is 2.80 bits per heavy atom. The third-order valence-corrected chi connectivity index (χ3v) is 1.05. The third kappa shape index (κ3) is 1.85. The SMILES string of the molecule is [O]C(=O)Cc1ccccn1. The predicted octanol–water partition coefficient (Wildman–Crippen LogP) is 0.581. The first-order valence-electron chi connectivity index (χ1n) is 2.89. The topological polar surface area (TPSA) is 49.9 Å². The average molecular weight is 136 g/mol. The van der Waals surface area contributed by atoms with E-state index in [0.29, 0.717) is 5.69 Å². The minimum absolute atomic E-state index is 0.110. The van der Waals surface area contributed by atoms with Crippen LogP contribution < -0.4 is 0 Å². The second kappa shape index (κ2) is 2.96. The molecule has 1 aromatic heterocycles. The summed E-state index contributed by atoms with van der Waals surface area (Å²) in [5.74, 6) is -1.10. The summed E-state index contributed by atoms with van der Waals surface area (Å²) in [6.45, 7) is 0. The van der Waals surface area contributed by atoms with E-state index in [1.54, 1.807) is 24.4 Å². The van der Waals surface area contributed by atoms with E-state index >= 15 is 0 Å². The Hall–Kier alpha value is -1.38. The zero-order valence-electron chi connectivity index (χ0n) is 5.28. The van der Waals surface area contributed by atoms with Gasteiger partial charge in [-0.1, -0.05) is 6.07 Å². The number of nitrogens with zero attached hydrogens (tertiary/aromatic N) is 1. The molecule has 0 unspecified atom stereocenters. The molecule has 1 rings (SSSR count). The molecular formula is C7H6NO2. The molecule has 0 amide bonds. The van der Waals surface area contributed by atoms with Crippen molar-refractivity contribution in [3.05, 3.63) is 30.1 Å². The summed E-state index contributed by atoms with van der Waals surface area (Å²) >= 11 is 0. The van der Waals surface area contributed by atoms with E-state index in [2.05, 4.69) is 4.98 Å². The van der Waals surface area contributed by atoms with Crippen molar-refractivity contribution in [2.45, 2.75) is 6.42 Å². The van der Waals surface area contributed by atoms with Gasteiger partial charge in [-0.05, 0) is 12.1 Å². The number of carbonyl (C=O) groups excluding carboxylic acids is 1. The highest BCUT2D eigenvalue weighted by atomic mass is 16.4. The van der Waals surface area contributed by atoms with Gasteiger partial charge in [0.1, 0.15) is 0 Å². The maximum Gasteiger partial charge on any atom is 0.361 e. The zero-order valence-corrected chi connectivity index (χ0v) is 5.28. The third-order valence-electron chi connectivity index (χ3n) is 1.05. The van der Waals surface area contributed by atoms with E-state index in [1.807, 2.05) is 0 Å². The highest BCUT2D eigenvalue weighted by Gasteiger charge is 2.00. The van der Waals surface area contributed by atoms with Gasteiger partial charge in [0.15, 0.2) is 0 Å². The molecule has 0 spiro atoms. The van der Waals surface area contributed by atoms with Crippen LogP contribution >= 0.6 is 0 Å². The Morgan fingerprint density at radius 2 is 2.30 bits per heavy atom. The lowest BCUT2D eigenvalue weighted by molar-refractivity contribution is -0.142. The number of hydrogen-bond acceptors (Lipinski definition) is 2. The maximum absolute atomic E-state index is 10.0. The van der Waals surface area contributed by atoms with E-state index in [4.69, 9.17) is 0 Å². The number of hydrogen-bond donors (Lipinski definition) is 0. The van der Waals surface area contributed by atoms with Gasteiger partial charge in [-0.2, -0.15) is 0 Å². The van der Waals surface area contributed by atoms with Gasteiger partial charge in [-0.15, -0.1) is 0 Å². The molecule has 0 bridgehead atoms. The number of rotatable bonds is 2. The molecule has 0 atom stereocenters. The van der Waals surface area contributed by atoms with Crippen LogP contribution in [0.1, 0.15) is 5.69 Å². The van der Waals surface area contributed by atoms with Crippen LogP contribution in [0.4, 0.5) is 0 Å². The van der Waals surface area contributed by atoms with Crippen molar-refractivity contribution in [3.8, 4) is 0 Å². The molecule has 3 nitrogen and oxygen atoms in total. The van der Waals surface area contributed by atoms with Gasteiger partial charge in [0.25, 0.3) is 0 Å². The van der Waals surface area contributed by atoms with Crippen LogP contribution in [-0.2, 0) is 16.3 Å². The van der Waals surface area contributed by atoms with E-state index < -0.39 is 5.97 Å². The van der Waals surface area contributed by atoms with E-state index in [1.165, 1.54) is 0 Å². The molecule has 10 heavy (non-hydrogen) atoms. The van der Waals surface area contributed by atoms with Crippen LogP contribution in [0.2, 0.25) is 0 Å². The summed E-state index contributed by atoms with van der Waals surface area (Å²) in [6, 6.07) is 5.12. The van der Waals surface area contributed by atoms with E-state index in [9.17, 15) is 9.90 Å². The molecule has 3 heteroatoms. The highest BCUT2D eigenvalue weighted by Crippen LogP contribution is 1.93. The van der Waals surface area contributed by atoms with Crippen LogP contribution in [0, 0.1) is 0 Å². The number of aromatic nitrogens is 1. The molecular weight excluding hydrogens is 130 g/mol. The lowest BCUT2D eigenvalue weighted by Gasteiger charge is -1.89. The van der Waals surface area contributed by atoms with Gasteiger partial charge in [-0.3, -0.25) is 4.98 Å². The minimum Gasteiger partial charge on any atom is -0.261 e. The van der Waals surface area contributed by atoms with Gasteiger partial charge in [0, 0.05) is 6.20 Å². The number of pyridine rings is 1. The Bertz CT molecular complexity index is 220. The minimum atomic E-state index is -1.10. The molecule has 0 fully saturated rings. The fraction of sp³-hybridized carbons (Fsp3) is 0.143. The molecule has 0 aliphatic carbocycles. The van der Waals surface area contributed by atoms with Crippen molar-refractivity contribution in [2.24, 2.45) is 0 Å². The molecule has 1 radical (unpaired) electrons. The van der Waals surface area contributed by atoms with Crippen molar-refractivity contribution in [1.82, 2.24) is 4.98 Å². The fourth-order valence-electron chi connectivity index (χ4n) is 0.651. The first-order valence-corrected chi connectivity index (χ1v) is 2.89. The second-order valence-corrected chi connectivity index (χ2v) is 1.87. The molecule has 1 heterocycles. The highest BCUT2D eigenvalue weighted by molar-refractivity contribution is 5.68. The summed E-state index contributed by atoms with van der Waals surface area (Å²) in [7, 11) is 0. The van der Waals surface area contributed by atoms with Crippen LogP contribution in [0.25, 0.3) is 0 Å². The number of carbonyl (C=O) groups is 1. The fourth-order valence-corrected chi connectivity index (χ4v) is 0.651. The largest absolute Gasteiger partial charge is 0.361 e. The molecule has 0 aromatic carbocycles. The lowest BCUT2D eigenvalue weighted by Crippen LogP contribution is -1.99. The Balaban J connectivity index is 2.67. The van der Waals surface area contributed by atoms with Gasteiger partial charge in [0.05, 0.1) is 12.1 Å². The quantitative estimate of drug-likeness (QED) is 0.597. The van der Waals surface area contributed by atoms with Crippen LogP contribution in [0.15, 0.2) is 24.4 Å². The Morgan fingerprint density at radius 1 is 1.50 bits per heavy atom. The van der Waals surface area contributed by atoms with Crippen LogP contribution in [0.5, 0.6) is 0 Å². The van der Waals surface area contributed by atoms with Gasteiger partial charge < -0.3 is 0 Å². The lowest BCUT2D eigenvalue weighted by atomic mass is 10.3. The molecule has 0 N–H and O–H groups in total. The standard InChI is InChI=1S/C7H6NO2/c9-7(10)5-6-3-1-2-4-8-6/h1-4H,5H2. The smallest absolute Gasteiger partial charge is 0.261 e. The van der Waals surface area contributed by atoms with E-state index in [0.717, 1.165) is 0 Å². The predicted molar refractivity (Wildman–Crippen MR) is 33.6 cm³/mol. The molecule has 0 saturated carbocycles. The van der Waals surface area contributed by atoms with Crippen molar-refractivity contribution in [1.29, 1.82) is 0 Å². The first kappa shape index (κ1) is 6.74. The molecule has 0 aliphatic heterocycles. The van der Waals surface area contributed by atoms with Crippen molar-refractivity contribution < 1.29 is 9.90 Å². The summed E-state index contributed by atoms with van der Waals surface area (Å²) in [6.07, 6.45) is 1.44. The van der Waals surface area contributed by atoms with Crippen molar-refractivity contribution in [3.63, 3.8) is 0 Å². The second-order valence-electron chi connectivity index (χ2n) is 1.87. The first-order chi connectivity index (χ1) is 4.79. The maximum atomic E-state index is 10.0. The Kier molecular flexibility index (Phi) is 1.99. The Labute approximate surface area is 58.3 Å². The molecule has 0 aliphatic rings. The van der Waals surface area contributed by atoms with Gasteiger partial charge in [0.2, 0.25) is 0 Å². The molecule has 0 saturated heterocycles. The van der Waals surface area contributed by atoms with Crippen molar-refractivity contribution >= 4 is 5.97 Å². The van der Waals surface area contributed by atoms with Crippen LogP contribution in [-0.4, -0.2) is 11.0 Å². The van der Waals surface area contributed by atoms with Gasteiger partial charge >= 0.3 is 5.97 Å².